The van der Waals surface area contributed by atoms with Crippen LogP contribution in [0.25, 0.3) is 0 Å². The van der Waals surface area contributed by atoms with Gasteiger partial charge >= 0.3 is 0 Å². The van der Waals surface area contributed by atoms with Crippen LogP contribution < -0.4 is 5.32 Å². The number of anilines is 1. The van der Waals surface area contributed by atoms with Crippen molar-refractivity contribution in [3.8, 4) is 0 Å². The van der Waals surface area contributed by atoms with Crippen LogP contribution in [0.3, 0.4) is 0 Å². The van der Waals surface area contributed by atoms with Gasteiger partial charge in [0, 0.05) is 12.6 Å². The smallest absolute Gasteiger partial charge is 0.245 e. The lowest BCUT2D eigenvalue weighted by atomic mass is 9.94. The van der Waals surface area contributed by atoms with Gasteiger partial charge in [-0.2, -0.15) is 4.98 Å². The van der Waals surface area contributed by atoms with Gasteiger partial charge in [-0.15, -0.1) is 10.2 Å². The van der Waals surface area contributed by atoms with Crippen LogP contribution in [-0.4, -0.2) is 46.3 Å². The summed E-state index contributed by atoms with van der Waals surface area (Å²) in [5.41, 5.74) is 0. The number of rotatable bonds is 2. The van der Waals surface area contributed by atoms with E-state index < -0.39 is 0 Å². The molecule has 0 saturated carbocycles. The average molecular weight is 276 g/mol. The minimum absolute atomic E-state index is 0.109. The fraction of sp³-hybridized carbons (Fsp3) is 0.700. The van der Waals surface area contributed by atoms with Crippen LogP contribution in [0.4, 0.5) is 5.82 Å². The van der Waals surface area contributed by atoms with Crippen molar-refractivity contribution in [3.63, 3.8) is 0 Å². The molecular formula is C10H15Cl2N5. The van der Waals surface area contributed by atoms with Gasteiger partial charge < -0.3 is 10.2 Å². The van der Waals surface area contributed by atoms with Crippen LogP contribution in [0.5, 0.6) is 0 Å². The van der Waals surface area contributed by atoms with Crippen molar-refractivity contribution in [1.29, 1.82) is 0 Å². The largest absolute Gasteiger partial charge is 0.364 e. The fourth-order valence-corrected chi connectivity index (χ4v) is 2.39. The summed E-state index contributed by atoms with van der Waals surface area (Å²) in [4.78, 5) is 6.37. The Morgan fingerprint density at radius 3 is 2.82 bits per heavy atom. The summed E-state index contributed by atoms with van der Waals surface area (Å²) in [5, 5.41) is 11.0. The zero-order chi connectivity index (χ0) is 12.4. The predicted molar refractivity (Wildman–Crippen MR) is 68.5 cm³/mol. The monoisotopic (exact) mass is 275 g/mol. The molecule has 0 radical (unpaired) electrons. The van der Waals surface area contributed by atoms with Crippen LogP contribution in [0.15, 0.2) is 0 Å². The minimum atomic E-state index is 0.109. The molecule has 7 heteroatoms. The Hall–Kier alpha value is -0.650. The quantitative estimate of drug-likeness (QED) is 0.894. The molecule has 94 valence electrons. The maximum Gasteiger partial charge on any atom is 0.245 e. The summed E-state index contributed by atoms with van der Waals surface area (Å²) in [6, 6.07) is 0.344. The number of piperidine rings is 1. The lowest BCUT2D eigenvalue weighted by molar-refractivity contribution is 0.206. The van der Waals surface area contributed by atoms with E-state index in [4.69, 9.17) is 23.2 Å². The van der Waals surface area contributed by atoms with Gasteiger partial charge in [0.05, 0.1) is 0 Å². The van der Waals surface area contributed by atoms with E-state index in [9.17, 15) is 0 Å². The fourth-order valence-electron chi connectivity index (χ4n) is 2.13. The number of nitrogens with zero attached hydrogens (tertiary/aromatic N) is 4. The lowest BCUT2D eigenvalue weighted by Gasteiger charge is -2.35. The first-order chi connectivity index (χ1) is 8.06. The van der Waals surface area contributed by atoms with E-state index in [2.05, 4.69) is 39.4 Å². The van der Waals surface area contributed by atoms with Gasteiger partial charge in [0.15, 0.2) is 11.0 Å². The maximum atomic E-state index is 5.92. The molecule has 0 bridgehead atoms. The summed E-state index contributed by atoms with van der Waals surface area (Å²) >= 11 is 11.6. The first kappa shape index (κ1) is 12.8. The molecule has 0 amide bonds. The highest BCUT2D eigenvalue weighted by atomic mass is 35.5. The van der Waals surface area contributed by atoms with Crippen molar-refractivity contribution >= 4 is 29.0 Å². The van der Waals surface area contributed by atoms with Crippen molar-refractivity contribution in [2.24, 2.45) is 5.92 Å². The molecule has 1 aliphatic heterocycles. The number of halogens is 2. The second kappa shape index (κ2) is 5.33. The second-order valence-electron chi connectivity index (χ2n) is 4.50. The van der Waals surface area contributed by atoms with Crippen LogP contribution in [0.2, 0.25) is 10.4 Å². The number of likely N-dealkylation sites (tertiary alicyclic amines) is 1. The average Bonchev–Trinajstić information content (AvgIpc) is 2.27. The molecular weight excluding hydrogens is 261 g/mol. The van der Waals surface area contributed by atoms with E-state index in [0.29, 0.717) is 17.8 Å². The van der Waals surface area contributed by atoms with Crippen molar-refractivity contribution in [2.75, 3.05) is 25.5 Å². The number of hydrogen-bond acceptors (Lipinski definition) is 5. The number of nitrogens with one attached hydrogen (secondary N) is 1. The molecule has 1 aromatic rings. The topological polar surface area (TPSA) is 53.9 Å². The predicted octanol–water partition coefficient (Wildman–Crippen LogP) is 1.93. The highest BCUT2D eigenvalue weighted by molar-refractivity contribution is 6.32. The highest BCUT2D eigenvalue weighted by Gasteiger charge is 2.25. The third kappa shape index (κ3) is 3.18. The Balaban J connectivity index is 2.07. The molecule has 5 nitrogen and oxygen atoms in total. The molecule has 1 saturated heterocycles. The van der Waals surface area contributed by atoms with Crippen molar-refractivity contribution in [1.82, 2.24) is 20.1 Å². The lowest BCUT2D eigenvalue weighted by Crippen LogP contribution is -2.43. The molecule has 1 aliphatic rings. The van der Waals surface area contributed by atoms with E-state index in [0.717, 1.165) is 19.5 Å². The maximum absolute atomic E-state index is 5.92. The second-order valence-corrected chi connectivity index (χ2v) is 5.20. The van der Waals surface area contributed by atoms with E-state index >= 15 is 0 Å². The zero-order valence-corrected chi connectivity index (χ0v) is 11.3. The summed E-state index contributed by atoms with van der Waals surface area (Å²) in [7, 11) is 2.13. The van der Waals surface area contributed by atoms with Gasteiger partial charge in [-0.3, -0.25) is 0 Å². The first-order valence-electron chi connectivity index (χ1n) is 5.57. The minimum Gasteiger partial charge on any atom is -0.364 e. The summed E-state index contributed by atoms with van der Waals surface area (Å²) in [6.07, 6.45) is 1.05. The Labute approximate surface area is 111 Å². The van der Waals surface area contributed by atoms with Gasteiger partial charge in [0.1, 0.15) is 0 Å². The normalized spacial score (nSPS) is 25.9. The molecule has 2 unspecified atom stereocenters. The van der Waals surface area contributed by atoms with Crippen LogP contribution >= 0.6 is 23.2 Å². The van der Waals surface area contributed by atoms with Gasteiger partial charge in [-0.1, -0.05) is 18.5 Å². The van der Waals surface area contributed by atoms with Gasteiger partial charge in [0.2, 0.25) is 5.28 Å². The van der Waals surface area contributed by atoms with Crippen molar-refractivity contribution in [3.05, 3.63) is 10.4 Å². The molecule has 1 fully saturated rings. The Morgan fingerprint density at radius 1 is 1.35 bits per heavy atom. The van der Waals surface area contributed by atoms with Gasteiger partial charge in [-0.25, -0.2) is 0 Å². The third-order valence-electron chi connectivity index (χ3n) is 3.05. The van der Waals surface area contributed by atoms with Gasteiger partial charge in [-0.05, 0) is 37.5 Å². The first-order valence-corrected chi connectivity index (χ1v) is 6.32. The summed E-state index contributed by atoms with van der Waals surface area (Å²) in [6.45, 7) is 4.32. The molecule has 2 heterocycles. The zero-order valence-electron chi connectivity index (χ0n) is 9.82. The highest BCUT2D eigenvalue weighted by Crippen LogP contribution is 2.23. The standard InChI is InChI=1S/C10H15Cl2N5/c1-6-5-17(2)4-3-7(6)13-9-8(11)15-16-10(12)14-9/h6-7H,3-5H2,1-2H3,(H,13,14,16). The Morgan fingerprint density at radius 2 is 2.12 bits per heavy atom. The molecule has 17 heavy (non-hydrogen) atoms. The SMILES string of the molecule is CC1CN(C)CCC1Nc1nc(Cl)nnc1Cl. The van der Waals surface area contributed by atoms with Crippen LogP contribution in [0.1, 0.15) is 13.3 Å². The van der Waals surface area contributed by atoms with Crippen molar-refractivity contribution in [2.45, 2.75) is 19.4 Å². The van der Waals surface area contributed by atoms with E-state index in [-0.39, 0.29) is 10.4 Å². The number of aromatic nitrogens is 3. The van der Waals surface area contributed by atoms with E-state index in [1.165, 1.54) is 0 Å². The molecule has 0 aromatic carbocycles. The van der Waals surface area contributed by atoms with Crippen LogP contribution in [0, 0.1) is 5.92 Å². The number of hydrogen-bond donors (Lipinski definition) is 1. The van der Waals surface area contributed by atoms with Crippen molar-refractivity contribution < 1.29 is 0 Å². The Bertz CT molecular complexity index is 400. The Kier molecular flexibility index (Phi) is 4.01. The molecule has 1 N–H and O–H groups in total. The third-order valence-corrected chi connectivity index (χ3v) is 3.46. The van der Waals surface area contributed by atoms with Crippen LogP contribution in [-0.2, 0) is 0 Å². The molecule has 1 aromatic heterocycles. The molecule has 0 spiro atoms. The summed E-state index contributed by atoms with van der Waals surface area (Å²) < 4.78 is 0. The molecule has 2 atom stereocenters. The van der Waals surface area contributed by atoms with E-state index in [1.54, 1.807) is 0 Å². The summed E-state index contributed by atoms with van der Waals surface area (Å²) in [5.74, 6) is 1.05. The van der Waals surface area contributed by atoms with Gasteiger partial charge in [0.25, 0.3) is 0 Å². The van der Waals surface area contributed by atoms with E-state index in [1.807, 2.05) is 0 Å². The molecule has 2 rings (SSSR count). The molecule has 0 aliphatic carbocycles.